The Morgan fingerprint density at radius 3 is 2.64 bits per heavy atom. The number of aromatic nitrogens is 3. The predicted molar refractivity (Wildman–Crippen MR) is 85.2 cm³/mol. The van der Waals surface area contributed by atoms with E-state index in [4.69, 9.17) is 16.9 Å². The first-order chi connectivity index (χ1) is 11.9. The Balaban J connectivity index is 1.67. The van der Waals surface area contributed by atoms with Gasteiger partial charge in [0.2, 0.25) is 0 Å². The van der Waals surface area contributed by atoms with Gasteiger partial charge in [0, 0.05) is 25.3 Å². The van der Waals surface area contributed by atoms with Gasteiger partial charge < -0.3 is 10.2 Å². The van der Waals surface area contributed by atoms with E-state index in [1.54, 1.807) is 0 Å². The molecule has 10 heteroatoms. The van der Waals surface area contributed by atoms with Gasteiger partial charge in [-0.1, -0.05) is 11.6 Å². The maximum Gasteiger partial charge on any atom is 0.417 e. The maximum atomic E-state index is 12.7. The molecule has 2 aromatic rings. The highest BCUT2D eigenvalue weighted by molar-refractivity contribution is 6.33. The van der Waals surface area contributed by atoms with E-state index in [1.807, 2.05) is 11.0 Å². The van der Waals surface area contributed by atoms with Gasteiger partial charge in [-0.25, -0.2) is 15.0 Å². The summed E-state index contributed by atoms with van der Waals surface area (Å²) in [7, 11) is 0. The van der Waals surface area contributed by atoms with Crippen LogP contribution in [-0.2, 0) is 6.18 Å². The second kappa shape index (κ2) is 6.72. The standard InChI is InChI=1S/C15H12ClF3N6/c16-12-3-9(15(17,18)19)5-23-14(12)25-2-1-10(8-25)24-13-7-21-11(4-20)6-22-13/h3,5-7,10H,1-2,8H2,(H,22,24). The molecule has 0 aliphatic carbocycles. The van der Waals surface area contributed by atoms with E-state index in [0.29, 0.717) is 24.7 Å². The molecule has 1 unspecified atom stereocenters. The number of rotatable bonds is 3. The molecule has 1 atom stereocenters. The molecule has 0 aromatic carbocycles. The monoisotopic (exact) mass is 368 g/mol. The smallest absolute Gasteiger partial charge is 0.364 e. The zero-order valence-electron chi connectivity index (χ0n) is 12.8. The Labute approximate surface area is 146 Å². The molecule has 3 rings (SSSR count). The Bertz CT molecular complexity index is 802. The van der Waals surface area contributed by atoms with Crippen molar-refractivity contribution in [3.8, 4) is 6.07 Å². The fourth-order valence-corrected chi connectivity index (χ4v) is 2.84. The van der Waals surface area contributed by atoms with Gasteiger partial charge in [0.25, 0.3) is 0 Å². The third kappa shape index (κ3) is 3.91. The number of nitriles is 1. The van der Waals surface area contributed by atoms with E-state index in [1.165, 1.54) is 12.4 Å². The van der Waals surface area contributed by atoms with E-state index >= 15 is 0 Å². The zero-order valence-corrected chi connectivity index (χ0v) is 13.5. The fourth-order valence-electron chi connectivity index (χ4n) is 2.56. The molecule has 0 bridgehead atoms. The van der Waals surface area contributed by atoms with Crippen molar-refractivity contribution in [2.45, 2.75) is 18.6 Å². The lowest BCUT2D eigenvalue weighted by atomic mass is 10.2. The summed E-state index contributed by atoms with van der Waals surface area (Å²) in [6.07, 6.45) is -0.124. The Kier molecular flexibility index (Phi) is 4.63. The first-order valence-electron chi connectivity index (χ1n) is 7.33. The van der Waals surface area contributed by atoms with Crippen molar-refractivity contribution < 1.29 is 13.2 Å². The largest absolute Gasteiger partial charge is 0.417 e. The molecule has 3 heterocycles. The first kappa shape index (κ1) is 17.2. The number of nitrogens with zero attached hydrogens (tertiary/aromatic N) is 5. The van der Waals surface area contributed by atoms with Crippen molar-refractivity contribution in [1.29, 1.82) is 5.26 Å². The van der Waals surface area contributed by atoms with Crippen LogP contribution in [0.4, 0.5) is 24.8 Å². The van der Waals surface area contributed by atoms with Crippen LogP contribution in [0.1, 0.15) is 17.7 Å². The normalized spacial score (nSPS) is 17.4. The SMILES string of the molecule is N#Cc1cnc(NC2CCN(c3ncc(C(F)(F)F)cc3Cl)C2)cn1. The minimum absolute atomic E-state index is 0.0161. The van der Waals surface area contributed by atoms with Crippen LogP contribution in [0.5, 0.6) is 0 Å². The molecular weight excluding hydrogens is 357 g/mol. The molecule has 2 aromatic heterocycles. The molecule has 0 radical (unpaired) electrons. The van der Waals surface area contributed by atoms with Crippen LogP contribution in [0, 0.1) is 11.3 Å². The lowest BCUT2D eigenvalue weighted by Gasteiger charge is -2.20. The third-order valence-corrected chi connectivity index (χ3v) is 4.03. The molecule has 1 N–H and O–H groups in total. The summed E-state index contributed by atoms with van der Waals surface area (Å²) in [4.78, 5) is 13.7. The highest BCUT2D eigenvalue weighted by Gasteiger charge is 2.33. The number of hydrogen-bond donors (Lipinski definition) is 1. The summed E-state index contributed by atoms with van der Waals surface area (Å²) >= 11 is 5.98. The molecule has 1 aliphatic heterocycles. The fraction of sp³-hybridized carbons (Fsp3) is 0.333. The number of alkyl halides is 3. The second-order valence-electron chi connectivity index (χ2n) is 5.50. The van der Waals surface area contributed by atoms with E-state index in [9.17, 15) is 13.2 Å². The van der Waals surface area contributed by atoms with Crippen LogP contribution in [0.15, 0.2) is 24.7 Å². The quantitative estimate of drug-likeness (QED) is 0.897. The summed E-state index contributed by atoms with van der Waals surface area (Å²) in [5, 5.41) is 11.8. The van der Waals surface area contributed by atoms with E-state index in [2.05, 4.69) is 20.3 Å². The van der Waals surface area contributed by atoms with Gasteiger partial charge >= 0.3 is 6.18 Å². The molecule has 130 valence electrons. The molecule has 1 saturated heterocycles. The van der Waals surface area contributed by atoms with E-state index in [0.717, 1.165) is 18.7 Å². The maximum absolute atomic E-state index is 12.7. The van der Waals surface area contributed by atoms with Crippen LogP contribution in [-0.4, -0.2) is 34.1 Å². The number of hydrogen-bond acceptors (Lipinski definition) is 6. The number of nitrogens with one attached hydrogen (secondary N) is 1. The van der Waals surface area contributed by atoms with E-state index < -0.39 is 11.7 Å². The van der Waals surface area contributed by atoms with Gasteiger partial charge in [-0.05, 0) is 12.5 Å². The van der Waals surface area contributed by atoms with Crippen molar-refractivity contribution in [2.75, 3.05) is 23.3 Å². The molecule has 0 spiro atoms. The van der Waals surface area contributed by atoms with Gasteiger partial charge in [-0.15, -0.1) is 0 Å². The van der Waals surface area contributed by atoms with Gasteiger partial charge in [0.15, 0.2) is 5.69 Å². The minimum atomic E-state index is -4.47. The summed E-state index contributed by atoms with van der Waals surface area (Å²) < 4.78 is 38.0. The van der Waals surface area contributed by atoms with E-state index in [-0.39, 0.29) is 16.8 Å². The third-order valence-electron chi connectivity index (χ3n) is 3.76. The number of anilines is 2. The minimum Gasteiger partial charge on any atom is -0.364 e. The Hall–Kier alpha value is -2.60. The summed E-state index contributed by atoms with van der Waals surface area (Å²) in [6, 6.07) is 2.79. The second-order valence-corrected chi connectivity index (χ2v) is 5.91. The number of halogens is 4. The topological polar surface area (TPSA) is 77.7 Å². The van der Waals surface area contributed by atoms with Crippen LogP contribution in [0.2, 0.25) is 5.02 Å². The summed E-state index contributed by atoms with van der Waals surface area (Å²) in [6.45, 7) is 1.11. The Morgan fingerprint density at radius 2 is 2.04 bits per heavy atom. The van der Waals surface area contributed by atoms with Gasteiger partial charge in [-0.2, -0.15) is 18.4 Å². The van der Waals surface area contributed by atoms with Crippen LogP contribution >= 0.6 is 11.6 Å². The van der Waals surface area contributed by atoms with Crippen molar-refractivity contribution in [2.24, 2.45) is 0 Å². The zero-order chi connectivity index (χ0) is 18.0. The van der Waals surface area contributed by atoms with Gasteiger partial charge in [0.05, 0.1) is 23.0 Å². The lowest BCUT2D eigenvalue weighted by molar-refractivity contribution is -0.137. The highest BCUT2D eigenvalue weighted by Crippen LogP contribution is 2.34. The lowest BCUT2D eigenvalue weighted by Crippen LogP contribution is -2.27. The molecule has 1 fully saturated rings. The van der Waals surface area contributed by atoms with Crippen molar-refractivity contribution in [3.05, 3.63) is 40.9 Å². The summed E-state index contributed by atoms with van der Waals surface area (Å²) in [5.41, 5.74) is -0.651. The Morgan fingerprint density at radius 1 is 1.24 bits per heavy atom. The van der Waals surface area contributed by atoms with Crippen molar-refractivity contribution in [1.82, 2.24) is 15.0 Å². The molecule has 0 saturated carbocycles. The van der Waals surface area contributed by atoms with Crippen LogP contribution in [0.3, 0.4) is 0 Å². The van der Waals surface area contributed by atoms with Crippen LogP contribution in [0.25, 0.3) is 0 Å². The predicted octanol–water partition coefficient (Wildman–Crippen LogP) is 3.11. The average Bonchev–Trinajstić information content (AvgIpc) is 3.03. The first-order valence-corrected chi connectivity index (χ1v) is 7.71. The average molecular weight is 369 g/mol. The molecule has 1 aliphatic rings. The molecular formula is C15H12ClF3N6. The highest BCUT2D eigenvalue weighted by atomic mass is 35.5. The summed E-state index contributed by atoms with van der Waals surface area (Å²) in [5.74, 6) is 0.849. The van der Waals surface area contributed by atoms with Crippen molar-refractivity contribution >= 4 is 23.2 Å². The molecule has 25 heavy (non-hydrogen) atoms. The van der Waals surface area contributed by atoms with Gasteiger partial charge in [-0.3, -0.25) is 0 Å². The van der Waals surface area contributed by atoms with Crippen LogP contribution < -0.4 is 10.2 Å². The number of pyridine rings is 1. The van der Waals surface area contributed by atoms with Gasteiger partial charge in [0.1, 0.15) is 17.7 Å². The molecule has 0 amide bonds. The van der Waals surface area contributed by atoms with Crippen molar-refractivity contribution in [3.63, 3.8) is 0 Å². The molecule has 6 nitrogen and oxygen atoms in total.